The van der Waals surface area contributed by atoms with Crippen LogP contribution >= 0.6 is 0 Å². The molecular weight excluding hydrogens is 297 g/mol. The van der Waals surface area contributed by atoms with Gasteiger partial charge in [-0.3, -0.25) is 0 Å². The minimum absolute atomic E-state index is 0.321. The van der Waals surface area contributed by atoms with Crippen molar-refractivity contribution in [2.45, 2.75) is 45.8 Å². The van der Waals surface area contributed by atoms with Crippen LogP contribution in [0.4, 0.5) is 10.5 Å². The summed E-state index contributed by atoms with van der Waals surface area (Å²) in [6.45, 7) is 10.3. The number of carbonyl (C=O) groups excluding carboxylic acids is 1. The summed E-state index contributed by atoms with van der Waals surface area (Å²) >= 11 is 0. The maximum atomic E-state index is 11.8. The highest BCUT2D eigenvalue weighted by atomic mass is 16.7. The SMILES string of the molecule is CCNC(=O)Nc1cc(B2OC(C)(C)C(C)(C)O2)cnc1OC. The molecule has 8 heteroatoms. The Morgan fingerprint density at radius 3 is 2.43 bits per heavy atom. The Morgan fingerprint density at radius 1 is 1.30 bits per heavy atom. The molecule has 2 rings (SSSR count). The molecule has 0 bridgehead atoms. The minimum Gasteiger partial charge on any atom is -0.480 e. The second kappa shape index (κ2) is 6.37. The molecule has 0 spiro atoms. The van der Waals surface area contributed by atoms with Gasteiger partial charge in [0.05, 0.1) is 18.3 Å². The summed E-state index contributed by atoms with van der Waals surface area (Å²) in [5, 5.41) is 5.38. The largest absolute Gasteiger partial charge is 0.496 e. The monoisotopic (exact) mass is 321 g/mol. The maximum Gasteiger partial charge on any atom is 0.496 e. The normalized spacial score (nSPS) is 18.6. The van der Waals surface area contributed by atoms with Gasteiger partial charge in [0.25, 0.3) is 0 Å². The molecule has 0 unspecified atom stereocenters. The number of carbonyl (C=O) groups is 1. The van der Waals surface area contributed by atoms with Crippen molar-refractivity contribution < 1.29 is 18.8 Å². The summed E-state index contributed by atoms with van der Waals surface area (Å²) in [4.78, 5) is 16.0. The van der Waals surface area contributed by atoms with E-state index >= 15 is 0 Å². The molecular formula is C15H24BN3O4. The number of urea groups is 1. The minimum atomic E-state index is -0.548. The van der Waals surface area contributed by atoms with Crippen molar-refractivity contribution in [2.75, 3.05) is 19.0 Å². The van der Waals surface area contributed by atoms with Crippen LogP contribution in [0.15, 0.2) is 12.3 Å². The van der Waals surface area contributed by atoms with E-state index in [0.29, 0.717) is 18.1 Å². The van der Waals surface area contributed by atoms with Gasteiger partial charge in [0, 0.05) is 18.2 Å². The van der Waals surface area contributed by atoms with E-state index in [1.165, 1.54) is 7.11 Å². The molecule has 1 fully saturated rings. The van der Waals surface area contributed by atoms with E-state index in [0.717, 1.165) is 5.46 Å². The smallest absolute Gasteiger partial charge is 0.480 e. The van der Waals surface area contributed by atoms with E-state index in [9.17, 15) is 4.79 Å². The van der Waals surface area contributed by atoms with Crippen LogP contribution in [0.5, 0.6) is 5.88 Å². The molecule has 23 heavy (non-hydrogen) atoms. The van der Waals surface area contributed by atoms with Gasteiger partial charge >= 0.3 is 13.1 Å². The number of hydrogen-bond acceptors (Lipinski definition) is 5. The van der Waals surface area contributed by atoms with Crippen molar-refractivity contribution in [3.63, 3.8) is 0 Å². The number of amides is 2. The van der Waals surface area contributed by atoms with E-state index in [4.69, 9.17) is 14.0 Å². The number of hydrogen-bond donors (Lipinski definition) is 2. The molecule has 126 valence electrons. The lowest BCUT2D eigenvalue weighted by atomic mass is 9.80. The summed E-state index contributed by atoms with van der Waals surface area (Å²) in [7, 11) is 0.952. The molecule has 1 aliphatic rings. The van der Waals surface area contributed by atoms with Crippen LogP contribution < -0.4 is 20.8 Å². The molecule has 2 amide bonds. The molecule has 1 aliphatic heterocycles. The lowest BCUT2D eigenvalue weighted by Gasteiger charge is -2.32. The molecule has 1 aromatic heterocycles. The summed E-state index contributed by atoms with van der Waals surface area (Å²) in [5.74, 6) is 0.330. The average Bonchev–Trinajstić information content (AvgIpc) is 2.67. The van der Waals surface area contributed by atoms with Gasteiger partial charge < -0.3 is 24.7 Å². The van der Waals surface area contributed by atoms with Crippen molar-refractivity contribution in [3.8, 4) is 5.88 Å². The van der Waals surface area contributed by atoms with E-state index in [1.54, 1.807) is 12.3 Å². The topological polar surface area (TPSA) is 81.7 Å². The van der Waals surface area contributed by atoms with Gasteiger partial charge in [0.2, 0.25) is 5.88 Å². The van der Waals surface area contributed by atoms with E-state index in [2.05, 4.69) is 15.6 Å². The first-order valence-corrected chi connectivity index (χ1v) is 7.64. The van der Waals surface area contributed by atoms with Gasteiger partial charge in [-0.25, -0.2) is 9.78 Å². The summed E-state index contributed by atoms with van der Waals surface area (Å²) in [6, 6.07) is 1.43. The Balaban J connectivity index is 2.26. The Morgan fingerprint density at radius 2 is 1.91 bits per heavy atom. The van der Waals surface area contributed by atoms with E-state index in [-0.39, 0.29) is 6.03 Å². The Hall–Kier alpha value is -1.80. The number of ether oxygens (including phenoxy) is 1. The number of methoxy groups -OCH3 is 1. The lowest BCUT2D eigenvalue weighted by Crippen LogP contribution is -2.41. The van der Waals surface area contributed by atoms with Crippen molar-refractivity contribution in [1.29, 1.82) is 0 Å². The van der Waals surface area contributed by atoms with Crippen LogP contribution in [0.1, 0.15) is 34.6 Å². The van der Waals surface area contributed by atoms with Gasteiger partial charge in [-0.05, 0) is 40.7 Å². The van der Waals surface area contributed by atoms with Crippen LogP contribution in [0, 0.1) is 0 Å². The summed E-state index contributed by atoms with van der Waals surface area (Å²) in [6.07, 6.45) is 1.63. The number of nitrogens with one attached hydrogen (secondary N) is 2. The predicted octanol–water partition coefficient (Wildman–Crippen LogP) is 1.53. The summed E-state index contributed by atoms with van der Waals surface area (Å²) < 4.78 is 17.2. The highest BCUT2D eigenvalue weighted by molar-refractivity contribution is 6.62. The first-order valence-electron chi connectivity index (χ1n) is 7.64. The van der Waals surface area contributed by atoms with Crippen LogP contribution in [-0.4, -0.2) is 43.0 Å². The highest BCUT2D eigenvalue weighted by Gasteiger charge is 2.51. The van der Waals surface area contributed by atoms with Gasteiger partial charge in [-0.15, -0.1) is 0 Å². The maximum absolute atomic E-state index is 11.8. The molecule has 0 aromatic carbocycles. The van der Waals surface area contributed by atoms with Crippen LogP contribution in [0.25, 0.3) is 0 Å². The number of rotatable bonds is 4. The third-order valence-electron chi connectivity index (χ3n) is 4.18. The zero-order valence-electron chi connectivity index (χ0n) is 14.5. The molecule has 0 radical (unpaired) electrons. The molecule has 2 N–H and O–H groups in total. The quantitative estimate of drug-likeness (QED) is 0.822. The van der Waals surface area contributed by atoms with Crippen LogP contribution in [0.2, 0.25) is 0 Å². The number of pyridine rings is 1. The number of aromatic nitrogens is 1. The van der Waals surface area contributed by atoms with Crippen LogP contribution in [0.3, 0.4) is 0 Å². The predicted molar refractivity (Wildman–Crippen MR) is 89.2 cm³/mol. The van der Waals surface area contributed by atoms with E-state index in [1.807, 2.05) is 34.6 Å². The van der Waals surface area contributed by atoms with Crippen molar-refractivity contribution in [2.24, 2.45) is 0 Å². The van der Waals surface area contributed by atoms with Crippen molar-refractivity contribution >= 4 is 24.3 Å². The first kappa shape index (κ1) is 17.6. The summed E-state index contributed by atoms with van der Waals surface area (Å²) in [5.41, 5.74) is 0.303. The fraction of sp³-hybridized carbons (Fsp3) is 0.600. The van der Waals surface area contributed by atoms with Gasteiger partial charge in [0.1, 0.15) is 5.69 Å². The Kier molecular flexibility index (Phi) is 4.86. The Labute approximate surface area is 137 Å². The van der Waals surface area contributed by atoms with Crippen molar-refractivity contribution in [1.82, 2.24) is 10.3 Å². The number of nitrogens with zero attached hydrogens (tertiary/aromatic N) is 1. The first-order chi connectivity index (χ1) is 10.7. The van der Waals surface area contributed by atoms with Gasteiger partial charge in [-0.2, -0.15) is 0 Å². The van der Waals surface area contributed by atoms with Crippen molar-refractivity contribution in [3.05, 3.63) is 12.3 Å². The Bertz CT molecular complexity index is 576. The third-order valence-corrected chi connectivity index (χ3v) is 4.18. The molecule has 7 nitrogen and oxygen atoms in total. The molecule has 1 saturated heterocycles. The fourth-order valence-electron chi connectivity index (χ4n) is 2.16. The van der Waals surface area contributed by atoms with Crippen LogP contribution in [-0.2, 0) is 9.31 Å². The molecule has 0 atom stereocenters. The molecule has 0 saturated carbocycles. The average molecular weight is 321 g/mol. The number of anilines is 1. The fourth-order valence-corrected chi connectivity index (χ4v) is 2.16. The lowest BCUT2D eigenvalue weighted by molar-refractivity contribution is 0.00578. The standard InChI is InChI=1S/C15H24BN3O4/c1-7-17-13(20)19-11-8-10(9-18-12(11)21-6)16-22-14(2,3)15(4,5)23-16/h8-9H,7H2,1-6H3,(H2,17,19,20). The zero-order chi connectivity index (χ0) is 17.3. The highest BCUT2D eigenvalue weighted by Crippen LogP contribution is 2.36. The van der Waals surface area contributed by atoms with E-state index < -0.39 is 18.3 Å². The molecule has 1 aromatic rings. The zero-order valence-corrected chi connectivity index (χ0v) is 14.5. The van der Waals surface area contributed by atoms with Gasteiger partial charge in [-0.1, -0.05) is 0 Å². The van der Waals surface area contributed by atoms with Gasteiger partial charge in [0.15, 0.2) is 0 Å². The second-order valence-corrected chi connectivity index (χ2v) is 6.40. The molecule has 2 heterocycles. The molecule has 0 aliphatic carbocycles. The third kappa shape index (κ3) is 3.59. The second-order valence-electron chi connectivity index (χ2n) is 6.40.